The molecule has 2 nitrogen and oxygen atoms in total. The molecule has 1 aliphatic carbocycles. The molecule has 1 atom stereocenters. The van der Waals surface area contributed by atoms with Crippen molar-refractivity contribution in [3.63, 3.8) is 0 Å². The molecule has 52 heavy (non-hydrogen) atoms. The summed E-state index contributed by atoms with van der Waals surface area (Å²) in [5.74, 6) is 0.228. The van der Waals surface area contributed by atoms with Crippen LogP contribution in [0, 0.1) is 0 Å². The first-order valence-electron chi connectivity index (χ1n) is 18.0. The maximum Gasteiger partial charge on any atom is 0.143 e. The summed E-state index contributed by atoms with van der Waals surface area (Å²) in [5, 5.41) is 6.99. The van der Waals surface area contributed by atoms with E-state index in [0.29, 0.717) is 0 Å². The quantitative estimate of drug-likeness (QED) is 0.176. The fraction of sp³-hybridized carbons (Fsp3) is 0.0400. The van der Waals surface area contributed by atoms with Gasteiger partial charge in [0.05, 0.1) is 5.69 Å². The first-order valence-corrected chi connectivity index (χ1v) is 18.0. The maximum absolute atomic E-state index is 6.90. The number of anilines is 3. The number of para-hydroxylation sites is 2. The largest absolute Gasteiger partial charge is 0.455 e. The molecule has 0 spiro atoms. The number of fused-ring (bicyclic) bond motifs is 6. The van der Waals surface area contributed by atoms with Gasteiger partial charge in [-0.3, -0.25) is 0 Å². The lowest BCUT2D eigenvalue weighted by molar-refractivity contribution is 0.674. The Kier molecular flexibility index (Phi) is 7.32. The van der Waals surface area contributed by atoms with Crippen molar-refractivity contribution in [3.05, 3.63) is 200 Å². The molecule has 0 N–H and O–H groups in total. The molecule has 9 aromatic rings. The number of furan rings is 1. The van der Waals surface area contributed by atoms with E-state index in [0.717, 1.165) is 61.9 Å². The fourth-order valence-corrected chi connectivity index (χ4v) is 8.03. The molecule has 2 heteroatoms. The average Bonchev–Trinajstić information content (AvgIpc) is 3.62. The molecule has 0 saturated heterocycles. The Labute approximate surface area is 303 Å². The van der Waals surface area contributed by atoms with E-state index in [1.807, 2.05) is 0 Å². The molecular formula is C50H35NO. The van der Waals surface area contributed by atoms with Gasteiger partial charge < -0.3 is 9.32 Å². The van der Waals surface area contributed by atoms with Gasteiger partial charge in [-0.2, -0.15) is 0 Å². The Morgan fingerprint density at radius 1 is 0.462 bits per heavy atom. The summed E-state index contributed by atoms with van der Waals surface area (Å²) < 4.78 is 6.90. The number of hydrogen-bond acceptors (Lipinski definition) is 2. The van der Waals surface area contributed by atoms with Crippen LogP contribution in [0.2, 0.25) is 0 Å². The van der Waals surface area contributed by atoms with E-state index in [4.69, 9.17) is 4.42 Å². The molecule has 1 aromatic heterocycles. The highest BCUT2D eigenvalue weighted by Gasteiger charge is 2.25. The topological polar surface area (TPSA) is 16.4 Å². The summed E-state index contributed by atoms with van der Waals surface area (Å²) in [6, 6.07) is 61.4. The van der Waals surface area contributed by atoms with E-state index in [2.05, 4.69) is 199 Å². The summed E-state index contributed by atoms with van der Waals surface area (Å²) >= 11 is 0. The van der Waals surface area contributed by atoms with E-state index in [1.54, 1.807) is 0 Å². The van der Waals surface area contributed by atoms with Crippen LogP contribution in [-0.2, 0) is 0 Å². The van der Waals surface area contributed by atoms with Crippen molar-refractivity contribution in [2.45, 2.75) is 12.3 Å². The second kappa shape index (κ2) is 12.6. The van der Waals surface area contributed by atoms with Gasteiger partial charge in [-0.15, -0.1) is 0 Å². The molecule has 0 radical (unpaired) electrons. The van der Waals surface area contributed by atoms with Crippen molar-refractivity contribution in [1.29, 1.82) is 0 Å². The van der Waals surface area contributed by atoms with Crippen LogP contribution in [0.5, 0.6) is 0 Å². The standard InChI is InChI=1S/C50H35NO/c1-3-14-34(15-4-1)39-28-31-48(46(33-39)36-17-5-2-6-18-36)51(40-29-26-35-16-7-8-20-38(35)32-40)47-25-12-11-22-42(47)43-23-13-24-44-45-30-27-37-19-9-10-21-41(37)49(45)52-50(43)44/h1-17,19-33,36H,18H2. The first kappa shape index (κ1) is 30.2. The van der Waals surface area contributed by atoms with Crippen molar-refractivity contribution >= 4 is 60.5 Å². The van der Waals surface area contributed by atoms with Gasteiger partial charge >= 0.3 is 0 Å². The minimum absolute atomic E-state index is 0.228. The third-order valence-corrected chi connectivity index (χ3v) is 10.6. The zero-order valence-electron chi connectivity index (χ0n) is 28.6. The first-order chi connectivity index (χ1) is 25.8. The molecule has 8 aromatic carbocycles. The number of benzene rings is 8. The SMILES string of the molecule is C1=CCC(c2cc(-c3ccccc3)ccc2N(c2ccc3ccccc3c2)c2ccccc2-c2cccc3c2oc2c4ccccc4ccc32)C=C1. The van der Waals surface area contributed by atoms with Gasteiger partial charge in [-0.05, 0) is 75.7 Å². The van der Waals surface area contributed by atoms with Gasteiger partial charge in [0.1, 0.15) is 11.2 Å². The molecule has 0 saturated carbocycles. The van der Waals surface area contributed by atoms with E-state index in [-0.39, 0.29) is 5.92 Å². The summed E-state index contributed by atoms with van der Waals surface area (Å²) in [5.41, 5.74) is 11.1. The van der Waals surface area contributed by atoms with Crippen LogP contribution in [0.15, 0.2) is 199 Å². The molecule has 1 unspecified atom stereocenters. The van der Waals surface area contributed by atoms with Gasteiger partial charge in [0.15, 0.2) is 0 Å². The number of hydrogen-bond donors (Lipinski definition) is 0. The molecule has 10 rings (SSSR count). The van der Waals surface area contributed by atoms with Gasteiger partial charge in [0.25, 0.3) is 0 Å². The van der Waals surface area contributed by atoms with Crippen molar-refractivity contribution in [3.8, 4) is 22.3 Å². The normalized spacial score (nSPS) is 14.1. The lowest BCUT2D eigenvalue weighted by Gasteiger charge is -2.32. The highest BCUT2D eigenvalue weighted by atomic mass is 16.3. The molecule has 0 aliphatic heterocycles. The van der Waals surface area contributed by atoms with Crippen LogP contribution in [0.25, 0.3) is 65.7 Å². The van der Waals surface area contributed by atoms with Crippen molar-refractivity contribution in [2.75, 3.05) is 4.90 Å². The molecular weight excluding hydrogens is 631 g/mol. The predicted molar refractivity (Wildman–Crippen MR) is 220 cm³/mol. The molecule has 1 aliphatic rings. The van der Waals surface area contributed by atoms with Crippen molar-refractivity contribution in [2.24, 2.45) is 0 Å². The van der Waals surface area contributed by atoms with E-state index in [1.165, 1.54) is 32.8 Å². The fourth-order valence-electron chi connectivity index (χ4n) is 8.03. The van der Waals surface area contributed by atoms with Crippen LogP contribution in [0.4, 0.5) is 17.1 Å². The summed E-state index contributed by atoms with van der Waals surface area (Å²) in [6.07, 6.45) is 9.92. The van der Waals surface area contributed by atoms with Gasteiger partial charge in [-0.25, -0.2) is 0 Å². The highest BCUT2D eigenvalue weighted by Crippen LogP contribution is 2.48. The van der Waals surface area contributed by atoms with Crippen LogP contribution in [0.3, 0.4) is 0 Å². The number of nitrogens with zero attached hydrogens (tertiary/aromatic N) is 1. The smallest absolute Gasteiger partial charge is 0.143 e. The van der Waals surface area contributed by atoms with Crippen molar-refractivity contribution < 1.29 is 4.42 Å². The van der Waals surface area contributed by atoms with Crippen LogP contribution < -0.4 is 4.90 Å². The molecule has 0 amide bonds. The van der Waals surface area contributed by atoms with Gasteiger partial charge in [0.2, 0.25) is 0 Å². The summed E-state index contributed by atoms with van der Waals surface area (Å²) in [6.45, 7) is 0. The van der Waals surface area contributed by atoms with Gasteiger partial charge in [0, 0.05) is 44.6 Å². The third-order valence-electron chi connectivity index (χ3n) is 10.6. The van der Waals surface area contributed by atoms with Crippen LogP contribution in [0.1, 0.15) is 17.9 Å². The lowest BCUT2D eigenvalue weighted by Crippen LogP contribution is -2.15. The third kappa shape index (κ3) is 5.11. The Morgan fingerprint density at radius 2 is 1.19 bits per heavy atom. The minimum Gasteiger partial charge on any atom is -0.455 e. The maximum atomic E-state index is 6.90. The van der Waals surface area contributed by atoms with E-state index >= 15 is 0 Å². The lowest BCUT2D eigenvalue weighted by atomic mass is 9.88. The molecule has 1 heterocycles. The van der Waals surface area contributed by atoms with E-state index in [9.17, 15) is 0 Å². The Balaban J connectivity index is 1.24. The average molecular weight is 666 g/mol. The molecule has 246 valence electrons. The Hall–Kier alpha value is -6.64. The molecule has 0 bridgehead atoms. The van der Waals surface area contributed by atoms with Crippen LogP contribution in [-0.4, -0.2) is 0 Å². The predicted octanol–water partition coefficient (Wildman–Crippen LogP) is 14.3. The van der Waals surface area contributed by atoms with Gasteiger partial charge in [-0.1, -0.05) is 158 Å². The number of allylic oxidation sites excluding steroid dienone is 4. The minimum atomic E-state index is 0.228. The van der Waals surface area contributed by atoms with Crippen molar-refractivity contribution in [1.82, 2.24) is 0 Å². The molecule has 0 fully saturated rings. The monoisotopic (exact) mass is 665 g/mol. The van der Waals surface area contributed by atoms with Crippen LogP contribution >= 0.6 is 0 Å². The van der Waals surface area contributed by atoms with E-state index < -0.39 is 0 Å². The second-order valence-corrected chi connectivity index (χ2v) is 13.6. The second-order valence-electron chi connectivity index (χ2n) is 13.6. The Morgan fingerprint density at radius 3 is 2.08 bits per heavy atom. The zero-order chi connectivity index (χ0) is 34.4. The number of rotatable bonds is 6. The summed E-state index contributed by atoms with van der Waals surface area (Å²) in [4.78, 5) is 2.47. The zero-order valence-corrected chi connectivity index (χ0v) is 28.6. The summed E-state index contributed by atoms with van der Waals surface area (Å²) in [7, 11) is 0. The Bertz CT molecular complexity index is 2840. The highest BCUT2D eigenvalue weighted by molar-refractivity contribution is 6.17.